The van der Waals surface area contributed by atoms with Crippen molar-refractivity contribution in [2.45, 2.75) is 39.7 Å². The summed E-state index contributed by atoms with van der Waals surface area (Å²) >= 11 is 0. The van der Waals surface area contributed by atoms with E-state index < -0.39 is 17.5 Å². The lowest BCUT2D eigenvalue weighted by Crippen LogP contribution is -2.24. The van der Waals surface area contributed by atoms with Gasteiger partial charge >= 0.3 is 11.9 Å². The van der Waals surface area contributed by atoms with Crippen molar-refractivity contribution >= 4 is 11.9 Å². The zero-order valence-electron chi connectivity index (χ0n) is 12.3. The maximum atomic E-state index is 11.9. The number of aliphatic hydroxyl groups is 1. The van der Waals surface area contributed by atoms with Crippen LogP contribution in [0, 0.1) is 6.92 Å². The van der Waals surface area contributed by atoms with Crippen molar-refractivity contribution in [1.29, 1.82) is 0 Å². The minimum absolute atomic E-state index is 0.0391. The van der Waals surface area contributed by atoms with Gasteiger partial charge in [0.15, 0.2) is 0 Å². The third kappa shape index (κ3) is 4.38. The number of aliphatic hydroxyl groups excluding tert-OH is 1. The quantitative estimate of drug-likeness (QED) is 0.635. The number of carbonyl (C=O) groups excluding carboxylic acids is 2. The van der Waals surface area contributed by atoms with E-state index in [1.807, 2.05) is 0 Å². The Morgan fingerprint density at radius 2 is 1.95 bits per heavy atom. The summed E-state index contributed by atoms with van der Waals surface area (Å²) in [7, 11) is 0. The number of hydrogen-bond acceptors (Lipinski definition) is 5. The van der Waals surface area contributed by atoms with Crippen LogP contribution in [0.1, 0.15) is 53.6 Å². The van der Waals surface area contributed by atoms with Crippen LogP contribution in [0.2, 0.25) is 0 Å². The predicted molar refractivity (Wildman–Crippen MR) is 72.7 cm³/mol. The van der Waals surface area contributed by atoms with Crippen LogP contribution in [-0.2, 0) is 9.47 Å². The molecular formula is C14H21NO5. The van der Waals surface area contributed by atoms with E-state index in [0.717, 1.165) is 0 Å². The van der Waals surface area contributed by atoms with E-state index in [9.17, 15) is 9.59 Å². The molecule has 1 aromatic rings. The molecule has 1 heterocycles. The molecule has 0 aromatic carbocycles. The molecule has 0 radical (unpaired) electrons. The van der Waals surface area contributed by atoms with Crippen molar-refractivity contribution in [3.8, 4) is 0 Å². The minimum Gasteiger partial charge on any atom is -0.462 e. The first kappa shape index (κ1) is 16.2. The molecule has 0 saturated carbocycles. The van der Waals surface area contributed by atoms with Gasteiger partial charge in [0.25, 0.3) is 0 Å². The summed E-state index contributed by atoms with van der Waals surface area (Å²) in [6.07, 6.45) is 1.81. The minimum atomic E-state index is -0.601. The summed E-state index contributed by atoms with van der Waals surface area (Å²) in [6.45, 7) is 7.07. The van der Waals surface area contributed by atoms with Crippen molar-refractivity contribution in [3.63, 3.8) is 0 Å². The number of carbonyl (C=O) groups is 2. The Kier molecular flexibility index (Phi) is 5.33. The van der Waals surface area contributed by atoms with Gasteiger partial charge in [-0.05, 0) is 33.3 Å². The van der Waals surface area contributed by atoms with Crippen LogP contribution in [0.25, 0.3) is 0 Å². The smallest absolute Gasteiger partial charge is 0.355 e. The lowest BCUT2D eigenvalue weighted by molar-refractivity contribution is 0.00628. The normalized spacial score (nSPS) is 11.2. The molecule has 1 rings (SSSR count). The maximum absolute atomic E-state index is 11.9. The summed E-state index contributed by atoms with van der Waals surface area (Å²) in [6, 6.07) is 0. The monoisotopic (exact) mass is 283 g/mol. The highest BCUT2D eigenvalue weighted by Gasteiger charge is 2.24. The second kappa shape index (κ2) is 6.56. The van der Waals surface area contributed by atoms with Gasteiger partial charge in [0.1, 0.15) is 11.3 Å². The van der Waals surface area contributed by atoms with E-state index >= 15 is 0 Å². The fourth-order valence-electron chi connectivity index (χ4n) is 1.56. The van der Waals surface area contributed by atoms with Gasteiger partial charge < -0.3 is 19.6 Å². The van der Waals surface area contributed by atoms with Crippen LogP contribution in [0.3, 0.4) is 0 Å². The second-order valence-corrected chi connectivity index (χ2v) is 5.42. The highest BCUT2D eigenvalue weighted by molar-refractivity contribution is 5.97. The Morgan fingerprint density at radius 1 is 1.30 bits per heavy atom. The van der Waals surface area contributed by atoms with E-state index in [0.29, 0.717) is 17.5 Å². The lowest BCUT2D eigenvalue weighted by atomic mass is 10.1. The van der Waals surface area contributed by atoms with E-state index in [2.05, 4.69) is 4.98 Å². The maximum Gasteiger partial charge on any atom is 0.355 e. The molecule has 0 fully saturated rings. The third-order valence-electron chi connectivity index (χ3n) is 2.50. The van der Waals surface area contributed by atoms with Crippen LogP contribution in [0.5, 0.6) is 0 Å². The molecule has 0 aliphatic carbocycles. The number of rotatable bonds is 5. The first-order valence-electron chi connectivity index (χ1n) is 6.45. The summed E-state index contributed by atoms with van der Waals surface area (Å²) < 4.78 is 10.2. The fraction of sp³-hybridized carbons (Fsp3) is 0.571. The first-order valence-corrected chi connectivity index (χ1v) is 6.45. The zero-order chi connectivity index (χ0) is 15.3. The number of aromatic nitrogens is 1. The standard InChI is InChI=1S/C14H21NO5/c1-9-10(12(17)19-7-5-6-16)8-15-11(9)13(18)20-14(2,3)4/h8,15-16H,5-7H2,1-4H3. The van der Waals surface area contributed by atoms with E-state index in [4.69, 9.17) is 14.6 Å². The van der Waals surface area contributed by atoms with Crippen LogP contribution in [0.15, 0.2) is 6.20 Å². The summed E-state index contributed by atoms with van der Waals surface area (Å²) in [4.78, 5) is 26.5. The SMILES string of the molecule is Cc1c(C(=O)OCCCO)c[nH]c1C(=O)OC(C)(C)C. The highest BCUT2D eigenvalue weighted by atomic mass is 16.6. The number of aromatic amines is 1. The van der Waals surface area contributed by atoms with Gasteiger partial charge in [0.2, 0.25) is 0 Å². The summed E-state index contributed by atoms with van der Waals surface area (Å²) in [5, 5.41) is 8.63. The number of hydrogen-bond donors (Lipinski definition) is 2. The molecule has 0 aliphatic heterocycles. The van der Waals surface area contributed by atoms with Crippen molar-refractivity contribution in [2.75, 3.05) is 13.2 Å². The van der Waals surface area contributed by atoms with E-state index in [1.165, 1.54) is 6.20 Å². The molecule has 112 valence electrons. The third-order valence-corrected chi connectivity index (χ3v) is 2.50. The largest absolute Gasteiger partial charge is 0.462 e. The molecule has 1 aromatic heterocycles. The molecule has 0 saturated heterocycles. The Labute approximate surface area is 118 Å². The Morgan fingerprint density at radius 3 is 2.50 bits per heavy atom. The molecule has 6 nitrogen and oxygen atoms in total. The van der Waals surface area contributed by atoms with Crippen molar-refractivity contribution in [2.24, 2.45) is 0 Å². The average molecular weight is 283 g/mol. The molecule has 0 atom stereocenters. The molecule has 2 N–H and O–H groups in total. The van der Waals surface area contributed by atoms with Crippen LogP contribution < -0.4 is 0 Å². The zero-order valence-corrected chi connectivity index (χ0v) is 12.3. The molecule has 6 heteroatoms. The molecule has 0 bridgehead atoms. The first-order chi connectivity index (χ1) is 9.26. The molecule has 0 amide bonds. The van der Waals surface area contributed by atoms with E-state index in [1.54, 1.807) is 27.7 Å². The number of ether oxygens (including phenoxy) is 2. The van der Waals surface area contributed by atoms with Gasteiger partial charge in [-0.25, -0.2) is 9.59 Å². The predicted octanol–water partition coefficient (Wildman–Crippen LogP) is 1.82. The van der Waals surface area contributed by atoms with E-state index in [-0.39, 0.29) is 18.9 Å². The van der Waals surface area contributed by atoms with Crippen LogP contribution in [0.4, 0.5) is 0 Å². The Hall–Kier alpha value is -1.82. The summed E-state index contributed by atoms with van der Waals surface area (Å²) in [5.41, 5.74) is 0.433. The molecule has 0 unspecified atom stereocenters. The Balaban J connectivity index is 2.79. The van der Waals surface area contributed by atoms with Crippen molar-refractivity contribution in [3.05, 3.63) is 23.0 Å². The van der Waals surface area contributed by atoms with Gasteiger partial charge in [-0.2, -0.15) is 0 Å². The van der Waals surface area contributed by atoms with Gasteiger partial charge in [0.05, 0.1) is 12.2 Å². The number of nitrogens with one attached hydrogen (secondary N) is 1. The fourth-order valence-corrected chi connectivity index (χ4v) is 1.56. The lowest BCUT2D eigenvalue weighted by Gasteiger charge is -2.19. The molecule has 0 spiro atoms. The number of H-pyrrole nitrogens is 1. The average Bonchev–Trinajstić information content (AvgIpc) is 2.69. The molecule has 0 aliphatic rings. The second-order valence-electron chi connectivity index (χ2n) is 5.42. The molecular weight excluding hydrogens is 262 g/mol. The topological polar surface area (TPSA) is 88.6 Å². The van der Waals surface area contributed by atoms with Crippen LogP contribution >= 0.6 is 0 Å². The van der Waals surface area contributed by atoms with Gasteiger partial charge in [-0.1, -0.05) is 0 Å². The highest BCUT2D eigenvalue weighted by Crippen LogP contribution is 2.18. The Bertz CT molecular complexity index is 484. The van der Waals surface area contributed by atoms with Gasteiger partial charge in [-0.15, -0.1) is 0 Å². The summed E-state index contributed by atoms with van der Waals surface area (Å²) in [5.74, 6) is -1.04. The van der Waals surface area contributed by atoms with Gasteiger partial charge in [0, 0.05) is 19.2 Å². The van der Waals surface area contributed by atoms with Crippen LogP contribution in [-0.4, -0.2) is 40.8 Å². The van der Waals surface area contributed by atoms with Crippen molar-refractivity contribution < 1.29 is 24.2 Å². The van der Waals surface area contributed by atoms with Crippen molar-refractivity contribution in [1.82, 2.24) is 4.98 Å². The van der Waals surface area contributed by atoms with Gasteiger partial charge in [-0.3, -0.25) is 0 Å². The number of esters is 2. The molecule has 20 heavy (non-hydrogen) atoms.